The maximum absolute atomic E-state index is 14.0. The molecule has 6 heteroatoms. The molecule has 18 heavy (non-hydrogen) atoms. The minimum atomic E-state index is -3.33. The molecule has 0 heterocycles. The second-order valence-corrected chi connectivity index (χ2v) is 7.22. The van der Waals surface area contributed by atoms with Crippen LogP contribution in [-0.4, -0.2) is 26.0 Å². The predicted octanol–water partition coefficient (Wildman–Crippen LogP) is 2.75. The number of hydrogen-bond donors (Lipinski definition) is 0. The van der Waals surface area contributed by atoms with E-state index in [-0.39, 0.29) is 11.6 Å². The molecule has 0 amide bonds. The number of halogens is 2. The summed E-state index contributed by atoms with van der Waals surface area (Å²) in [5, 5.41) is 0.0382. The first-order valence-corrected chi connectivity index (χ1v) is 7.91. The summed E-state index contributed by atoms with van der Waals surface area (Å²) in [7, 11) is -1.89. The molecule has 1 aliphatic rings. The number of sulfonamides is 1. The lowest BCUT2D eigenvalue weighted by Crippen LogP contribution is -2.26. The van der Waals surface area contributed by atoms with Gasteiger partial charge in [0.1, 0.15) is 5.82 Å². The van der Waals surface area contributed by atoms with E-state index < -0.39 is 15.8 Å². The quantitative estimate of drug-likeness (QED) is 0.855. The summed E-state index contributed by atoms with van der Waals surface area (Å²) < 4.78 is 38.0. The Morgan fingerprint density at radius 1 is 1.44 bits per heavy atom. The average molecular weight is 292 g/mol. The molecule has 3 nitrogen and oxygen atoms in total. The zero-order valence-corrected chi connectivity index (χ0v) is 11.9. The summed E-state index contributed by atoms with van der Waals surface area (Å²) in [6.45, 7) is 0.0249. The van der Waals surface area contributed by atoms with Crippen LogP contribution in [0.15, 0.2) is 12.1 Å². The summed E-state index contributed by atoms with van der Waals surface area (Å²) in [6.07, 6.45) is 3.15. The average Bonchev–Trinajstić information content (AvgIpc) is 3.07. The van der Waals surface area contributed by atoms with Gasteiger partial charge in [-0.1, -0.05) is 17.7 Å². The molecule has 0 radical (unpaired) electrons. The third-order valence-electron chi connectivity index (χ3n) is 3.20. The van der Waals surface area contributed by atoms with Crippen LogP contribution in [0.1, 0.15) is 29.9 Å². The normalized spacial score (nSPS) is 16.3. The summed E-state index contributed by atoms with van der Waals surface area (Å²) in [5.74, 6) is -0.156. The largest absolute Gasteiger partial charge is 0.213 e. The fraction of sp³-hybridized carbons (Fsp3) is 0.500. The van der Waals surface area contributed by atoms with E-state index in [1.807, 2.05) is 0 Å². The summed E-state index contributed by atoms with van der Waals surface area (Å²) in [4.78, 5) is 0. The summed E-state index contributed by atoms with van der Waals surface area (Å²) >= 11 is 5.77. The Morgan fingerprint density at radius 3 is 2.56 bits per heavy atom. The van der Waals surface area contributed by atoms with Gasteiger partial charge in [0.05, 0.1) is 11.3 Å². The number of hydrogen-bond acceptors (Lipinski definition) is 2. The minimum absolute atomic E-state index is 0.0249. The van der Waals surface area contributed by atoms with E-state index in [1.54, 1.807) is 6.07 Å². The standard InChI is InChI=1S/C12H15ClFNO2S/c1-15(18(2,16)17)7-10-9(8-3-4-8)5-6-11(13)12(10)14/h5-6,8H,3-4,7H2,1-2H3. The first-order chi connectivity index (χ1) is 8.30. The fourth-order valence-electron chi connectivity index (χ4n) is 1.89. The van der Waals surface area contributed by atoms with Crippen LogP contribution in [0.25, 0.3) is 0 Å². The minimum Gasteiger partial charge on any atom is -0.213 e. The molecule has 0 aromatic heterocycles. The van der Waals surface area contributed by atoms with Crippen molar-refractivity contribution in [3.05, 3.63) is 34.1 Å². The fourth-order valence-corrected chi connectivity index (χ4v) is 2.43. The molecular formula is C12H15ClFNO2S. The lowest BCUT2D eigenvalue weighted by Gasteiger charge is -2.18. The Kier molecular flexibility index (Phi) is 3.67. The van der Waals surface area contributed by atoms with Crippen molar-refractivity contribution in [2.24, 2.45) is 0 Å². The van der Waals surface area contributed by atoms with Gasteiger partial charge >= 0.3 is 0 Å². The van der Waals surface area contributed by atoms with Crippen molar-refractivity contribution in [3.8, 4) is 0 Å². The van der Waals surface area contributed by atoms with Crippen LogP contribution < -0.4 is 0 Å². The van der Waals surface area contributed by atoms with Crippen LogP contribution in [0.2, 0.25) is 5.02 Å². The molecule has 100 valence electrons. The van der Waals surface area contributed by atoms with Gasteiger partial charge in [-0.2, -0.15) is 0 Å². The van der Waals surface area contributed by atoms with Gasteiger partial charge in [0.25, 0.3) is 0 Å². The smallest absolute Gasteiger partial charge is 0.211 e. The third-order valence-corrected chi connectivity index (χ3v) is 4.75. The van der Waals surface area contributed by atoms with E-state index in [0.717, 1.165) is 29.0 Å². The Labute approximate surface area is 112 Å². The Bertz CT molecular complexity index is 570. The Balaban J connectivity index is 2.39. The molecule has 0 N–H and O–H groups in total. The number of benzene rings is 1. The van der Waals surface area contributed by atoms with Crippen LogP contribution >= 0.6 is 11.6 Å². The third kappa shape index (κ3) is 2.84. The molecule has 2 rings (SSSR count). The first-order valence-electron chi connectivity index (χ1n) is 5.68. The van der Waals surface area contributed by atoms with Gasteiger partial charge in [-0.15, -0.1) is 0 Å². The van der Waals surface area contributed by atoms with Gasteiger partial charge in [-0.3, -0.25) is 0 Å². The van der Waals surface area contributed by atoms with Crippen LogP contribution in [0.3, 0.4) is 0 Å². The van der Waals surface area contributed by atoms with Crippen LogP contribution in [-0.2, 0) is 16.6 Å². The molecule has 1 aromatic rings. The number of nitrogens with zero attached hydrogens (tertiary/aromatic N) is 1. The molecule has 1 saturated carbocycles. The molecular weight excluding hydrogens is 277 g/mol. The molecule has 0 unspecified atom stereocenters. The molecule has 1 fully saturated rings. The van der Waals surface area contributed by atoms with E-state index in [1.165, 1.54) is 13.1 Å². The van der Waals surface area contributed by atoms with Gasteiger partial charge in [0.2, 0.25) is 10.0 Å². The van der Waals surface area contributed by atoms with Gasteiger partial charge in [-0.25, -0.2) is 17.1 Å². The van der Waals surface area contributed by atoms with Crippen molar-refractivity contribution in [2.45, 2.75) is 25.3 Å². The Morgan fingerprint density at radius 2 is 2.06 bits per heavy atom. The van der Waals surface area contributed by atoms with Crippen molar-refractivity contribution >= 4 is 21.6 Å². The van der Waals surface area contributed by atoms with Crippen LogP contribution in [0.5, 0.6) is 0 Å². The lowest BCUT2D eigenvalue weighted by atomic mass is 10.0. The van der Waals surface area contributed by atoms with E-state index >= 15 is 0 Å². The van der Waals surface area contributed by atoms with Gasteiger partial charge < -0.3 is 0 Å². The van der Waals surface area contributed by atoms with Crippen LogP contribution in [0, 0.1) is 5.82 Å². The topological polar surface area (TPSA) is 37.4 Å². The second-order valence-electron chi connectivity index (χ2n) is 4.72. The summed E-state index contributed by atoms with van der Waals surface area (Å²) in [6, 6.07) is 3.34. The highest BCUT2D eigenvalue weighted by molar-refractivity contribution is 7.88. The maximum Gasteiger partial charge on any atom is 0.211 e. The van der Waals surface area contributed by atoms with Gasteiger partial charge in [-0.05, 0) is 30.4 Å². The molecule has 0 spiro atoms. The van der Waals surface area contributed by atoms with Gasteiger partial charge in [0, 0.05) is 19.2 Å². The van der Waals surface area contributed by atoms with Crippen LogP contribution in [0.4, 0.5) is 4.39 Å². The van der Waals surface area contributed by atoms with Crippen molar-refractivity contribution in [1.82, 2.24) is 4.31 Å². The molecule has 0 bridgehead atoms. The highest BCUT2D eigenvalue weighted by Crippen LogP contribution is 2.43. The highest BCUT2D eigenvalue weighted by atomic mass is 35.5. The zero-order chi connectivity index (χ0) is 13.5. The molecule has 0 saturated heterocycles. The van der Waals surface area contributed by atoms with Crippen molar-refractivity contribution in [3.63, 3.8) is 0 Å². The van der Waals surface area contributed by atoms with E-state index in [9.17, 15) is 12.8 Å². The molecule has 0 atom stereocenters. The second kappa shape index (κ2) is 4.79. The van der Waals surface area contributed by atoms with Crippen molar-refractivity contribution < 1.29 is 12.8 Å². The molecule has 0 aliphatic heterocycles. The van der Waals surface area contributed by atoms with Gasteiger partial charge in [0.15, 0.2) is 0 Å². The summed E-state index contributed by atoms with van der Waals surface area (Å²) in [5.41, 5.74) is 1.28. The predicted molar refractivity (Wildman–Crippen MR) is 69.7 cm³/mol. The lowest BCUT2D eigenvalue weighted by molar-refractivity contribution is 0.459. The SMILES string of the molecule is CN(Cc1c(C2CC2)ccc(Cl)c1F)S(C)(=O)=O. The van der Waals surface area contributed by atoms with E-state index in [2.05, 4.69) is 0 Å². The first kappa shape index (κ1) is 13.8. The zero-order valence-electron chi connectivity index (χ0n) is 10.3. The van der Waals surface area contributed by atoms with E-state index in [4.69, 9.17) is 11.6 Å². The molecule has 1 aliphatic carbocycles. The van der Waals surface area contributed by atoms with E-state index in [0.29, 0.717) is 11.5 Å². The highest BCUT2D eigenvalue weighted by Gasteiger charge is 2.29. The van der Waals surface area contributed by atoms with Crippen molar-refractivity contribution in [2.75, 3.05) is 13.3 Å². The maximum atomic E-state index is 14.0. The monoisotopic (exact) mass is 291 g/mol. The Hall–Kier alpha value is -0.650. The number of rotatable bonds is 4. The van der Waals surface area contributed by atoms with Crippen molar-refractivity contribution in [1.29, 1.82) is 0 Å². The molecule has 1 aromatic carbocycles.